The minimum absolute atomic E-state index is 0.117. The highest BCUT2D eigenvalue weighted by Gasteiger charge is 2.47. The number of carbonyl (C=O) groups excluding carboxylic acids is 2. The summed E-state index contributed by atoms with van der Waals surface area (Å²) in [5.74, 6) is -2.45. The highest BCUT2D eigenvalue weighted by atomic mass is 35.5. The number of carbonyl (C=O) groups is 2. The molecule has 1 amide bonds. The Bertz CT molecular complexity index is 1220. The van der Waals surface area contributed by atoms with E-state index in [0.717, 1.165) is 23.1 Å². The highest BCUT2D eigenvalue weighted by Crippen LogP contribution is 2.43. The smallest absolute Gasteiger partial charge is 0.416 e. The summed E-state index contributed by atoms with van der Waals surface area (Å²) in [6, 6.07) is 17.3. The Hall–Kier alpha value is -3.58. The maximum Gasteiger partial charge on any atom is 0.416 e. The number of Topliss-reactive ketones (excluding diaryl/α,β-unsaturated/α-hetero) is 1. The molecule has 1 aliphatic heterocycles. The van der Waals surface area contributed by atoms with Crippen LogP contribution in [0.15, 0.2) is 84.4 Å². The summed E-state index contributed by atoms with van der Waals surface area (Å²) in [6.07, 6.45) is -4.64. The first kappa shape index (κ1) is 21.6. The zero-order valence-corrected chi connectivity index (χ0v) is 17.1. The van der Waals surface area contributed by atoms with Gasteiger partial charge in [0.25, 0.3) is 11.7 Å². The molecule has 0 radical (unpaired) electrons. The lowest BCUT2D eigenvalue weighted by Crippen LogP contribution is -2.29. The fraction of sp³-hybridized carbons (Fsp3) is 0.0833. The molecule has 32 heavy (non-hydrogen) atoms. The number of alkyl halides is 3. The molecule has 8 heteroatoms. The Balaban J connectivity index is 1.94. The number of aliphatic hydroxyl groups is 1. The van der Waals surface area contributed by atoms with Crippen LogP contribution in [-0.4, -0.2) is 16.8 Å². The van der Waals surface area contributed by atoms with Crippen molar-refractivity contribution < 1.29 is 27.9 Å². The SMILES string of the molecule is O=C1C(=O)N(c2cccc(C(F)(F)F)c2)[C@@H](c2ccc(Cl)cc2)C1=C(O)c1ccccc1. The first-order valence-electron chi connectivity index (χ1n) is 9.47. The molecule has 1 heterocycles. The Labute approximate surface area is 186 Å². The van der Waals surface area contributed by atoms with Gasteiger partial charge < -0.3 is 5.11 Å². The largest absolute Gasteiger partial charge is 0.507 e. The van der Waals surface area contributed by atoms with Gasteiger partial charge in [0.05, 0.1) is 17.2 Å². The van der Waals surface area contributed by atoms with Gasteiger partial charge in [0.1, 0.15) is 5.76 Å². The van der Waals surface area contributed by atoms with Crippen LogP contribution in [0, 0.1) is 0 Å². The molecule has 0 saturated carbocycles. The second kappa shape index (κ2) is 8.16. The fourth-order valence-corrected chi connectivity index (χ4v) is 3.77. The monoisotopic (exact) mass is 457 g/mol. The number of hydrogen-bond acceptors (Lipinski definition) is 3. The Morgan fingerprint density at radius 2 is 1.56 bits per heavy atom. The maximum atomic E-state index is 13.3. The number of nitrogens with zero attached hydrogens (tertiary/aromatic N) is 1. The van der Waals surface area contributed by atoms with Crippen LogP contribution in [-0.2, 0) is 15.8 Å². The number of rotatable bonds is 3. The van der Waals surface area contributed by atoms with Crippen molar-refractivity contribution in [3.8, 4) is 0 Å². The standard InChI is InChI=1S/C24H15ClF3NO3/c25-17-11-9-14(10-12-17)20-19(21(30)15-5-2-1-3-6-15)22(31)23(32)29(20)18-8-4-7-16(13-18)24(26,27)28/h1-13,20,30H/t20-/m0/s1. The van der Waals surface area contributed by atoms with E-state index >= 15 is 0 Å². The molecule has 1 aliphatic rings. The molecule has 4 rings (SSSR count). The summed E-state index contributed by atoms with van der Waals surface area (Å²) >= 11 is 5.96. The van der Waals surface area contributed by atoms with Crippen molar-refractivity contribution in [2.24, 2.45) is 0 Å². The average Bonchev–Trinajstić information content (AvgIpc) is 3.04. The zero-order chi connectivity index (χ0) is 23.0. The molecule has 1 N–H and O–H groups in total. The third-order valence-electron chi connectivity index (χ3n) is 5.13. The summed E-state index contributed by atoms with van der Waals surface area (Å²) in [4.78, 5) is 26.9. The molecule has 1 saturated heterocycles. The molecular formula is C24H15ClF3NO3. The number of amides is 1. The van der Waals surface area contributed by atoms with Crippen LogP contribution < -0.4 is 4.90 Å². The summed E-state index contributed by atoms with van der Waals surface area (Å²) in [5.41, 5.74) is -0.596. The van der Waals surface area contributed by atoms with Gasteiger partial charge in [-0.15, -0.1) is 0 Å². The van der Waals surface area contributed by atoms with Crippen molar-refractivity contribution in [2.45, 2.75) is 12.2 Å². The van der Waals surface area contributed by atoms with Crippen LogP contribution in [0.5, 0.6) is 0 Å². The van der Waals surface area contributed by atoms with Gasteiger partial charge in [0.2, 0.25) is 0 Å². The van der Waals surface area contributed by atoms with Crippen LogP contribution in [0.2, 0.25) is 5.02 Å². The molecule has 0 aliphatic carbocycles. The van der Waals surface area contributed by atoms with Crippen molar-refractivity contribution in [2.75, 3.05) is 4.90 Å². The van der Waals surface area contributed by atoms with E-state index in [1.807, 2.05) is 0 Å². The summed E-state index contributed by atoms with van der Waals surface area (Å²) in [5, 5.41) is 11.3. The van der Waals surface area contributed by atoms with Crippen molar-refractivity contribution >= 4 is 34.7 Å². The zero-order valence-electron chi connectivity index (χ0n) is 16.3. The van der Waals surface area contributed by atoms with Gasteiger partial charge in [-0.25, -0.2) is 0 Å². The topological polar surface area (TPSA) is 57.6 Å². The lowest BCUT2D eigenvalue weighted by Gasteiger charge is -2.26. The van der Waals surface area contributed by atoms with Crippen LogP contribution in [0.3, 0.4) is 0 Å². The van der Waals surface area contributed by atoms with Crippen LogP contribution in [0.25, 0.3) is 5.76 Å². The van der Waals surface area contributed by atoms with Crippen molar-refractivity contribution in [1.82, 2.24) is 0 Å². The molecule has 0 unspecified atom stereocenters. The molecule has 4 nitrogen and oxygen atoms in total. The van der Waals surface area contributed by atoms with Gasteiger partial charge in [0.15, 0.2) is 0 Å². The van der Waals surface area contributed by atoms with Gasteiger partial charge in [0, 0.05) is 16.3 Å². The number of aliphatic hydroxyl groups excluding tert-OH is 1. The molecule has 1 atom stereocenters. The molecule has 0 bridgehead atoms. The van der Waals surface area contributed by atoms with Crippen molar-refractivity contribution in [1.29, 1.82) is 0 Å². The minimum Gasteiger partial charge on any atom is -0.507 e. The van der Waals surface area contributed by atoms with E-state index in [9.17, 15) is 27.9 Å². The van der Waals surface area contributed by atoms with Crippen molar-refractivity contribution in [3.63, 3.8) is 0 Å². The van der Waals surface area contributed by atoms with E-state index in [2.05, 4.69) is 0 Å². The third-order valence-corrected chi connectivity index (χ3v) is 5.38. The number of ketones is 1. The first-order chi connectivity index (χ1) is 15.2. The van der Waals surface area contributed by atoms with Crippen LogP contribution in [0.4, 0.5) is 18.9 Å². The second-order valence-electron chi connectivity index (χ2n) is 7.13. The van der Waals surface area contributed by atoms with E-state index < -0.39 is 35.2 Å². The Kier molecular flexibility index (Phi) is 5.52. The van der Waals surface area contributed by atoms with Gasteiger partial charge in [-0.05, 0) is 35.9 Å². The molecule has 3 aromatic rings. The van der Waals surface area contributed by atoms with E-state index in [-0.39, 0.29) is 11.3 Å². The number of benzene rings is 3. The lowest BCUT2D eigenvalue weighted by atomic mass is 9.95. The molecule has 0 aromatic heterocycles. The normalized spacial score (nSPS) is 18.2. The van der Waals surface area contributed by atoms with Gasteiger partial charge in [-0.1, -0.05) is 60.1 Å². The van der Waals surface area contributed by atoms with Crippen LogP contribution >= 0.6 is 11.6 Å². The Morgan fingerprint density at radius 3 is 2.19 bits per heavy atom. The molecule has 0 spiro atoms. The second-order valence-corrected chi connectivity index (χ2v) is 7.57. The maximum absolute atomic E-state index is 13.3. The lowest BCUT2D eigenvalue weighted by molar-refractivity contribution is -0.137. The minimum atomic E-state index is -4.64. The first-order valence-corrected chi connectivity index (χ1v) is 9.85. The predicted octanol–water partition coefficient (Wildman–Crippen LogP) is 5.99. The summed E-state index contributed by atoms with van der Waals surface area (Å²) < 4.78 is 39.9. The summed E-state index contributed by atoms with van der Waals surface area (Å²) in [6.45, 7) is 0. The van der Waals surface area contributed by atoms with Gasteiger partial charge in [-0.3, -0.25) is 14.5 Å². The highest BCUT2D eigenvalue weighted by molar-refractivity contribution is 6.51. The molecule has 3 aromatic carbocycles. The molecule has 162 valence electrons. The number of anilines is 1. The molecular weight excluding hydrogens is 443 g/mol. The average molecular weight is 458 g/mol. The van der Waals surface area contributed by atoms with E-state index in [1.165, 1.54) is 18.2 Å². The van der Waals surface area contributed by atoms with E-state index in [4.69, 9.17) is 11.6 Å². The predicted molar refractivity (Wildman–Crippen MR) is 114 cm³/mol. The third kappa shape index (κ3) is 3.87. The van der Waals surface area contributed by atoms with Gasteiger partial charge in [-0.2, -0.15) is 13.2 Å². The molecule has 1 fully saturated rings. The van der Waals surface area contributed by atoms with Crippen molar-refractivity contribution in [3.05, 3.63) is 106 Å². The number of halogens is 4. The summed E-state index contributed by atoms with van der Waals surface area (Å²) in [7, 11) is 0. The van der Waals surface area contributed by atoms with Gasteiger partial charge >= 0.3 is 6.18 Å². The fourth-order valence-electron chi connectivity index (χ4n) is 3.64. The quantitative estimate of drug-likeness (QED) is 0.299. The van der Waals surface area contributed by atoms with Crippen LogP contribution in [0.1, 0.15) is 22.7 Å². The van der Waals surface area contributed by atoms with E-state index in [0.29, 0.717) is 16.1 Å². The van der Waals surface area contributed by atoms with E-state index in [1.54, 1.807) is 42.5 Å². The number of hydrogen-bond donors (Lipinski definition) is 1. The Morgan fingerprint density at radius 1 is 0.906 bits per heavy atom.